The third kappa shape index (κ3) is 7.19. The van der Waals surface area contributed by atoms with Crippen molar-refractivity contribution in [2.24, 2.45) is 0 Å². The van der Waals surface area contributed by atoms with Gasteiger partial charge in [0, 0.05) is 45.0 Å². The minimum atomic E-state index is -0.133. The van der Waals surface area contributed by atoms with Crippen LogP contribution < -0.4 is 15.5 Å². The van der Waals surface area contributed by atoms with E-state index in [0.29, 0.717) is 30.6 Å². The first kappa shape index (κ1) is 23.4. The highest BCUT2D eigenvalue weighted by molar-refractivity contribution is 6.02. The van der Waals surface area contributed by atoms with Gasteiger partial charge in [0.15, 0.2) is 0 Å². The predicted octanol–water partition coefficient (Wildman–Crippen LogP) is 3.40. The number of rotatable bonds is 11. The fourth-order valence-corrected chi connectivity index (χ4v) is 3.27. The summed E-state index contributed by atoms with van der Waals surface area (Å²) in [4.78, 5) is 29.3. The molecule has 2 amide bonds. The molecule has 0 atom stereocenters. The quantitative estimate of drug-likeness (QED) is 0.596. The third-order valence-corrected chi connectivity index (χ3v) is 5.10. The molecule has 0 unspecified atom stereocenters. The van der Waals surface area contributed by atoms with E-state index in [9.17, 15) is 9.59 Å². The summed E-state index contributed by atoms with van der Waals surface area (Å²) in [5.74, 6) is -0.199. The molecule has 0 aliphatic heterocycles. The highest BCUT2D eigenvalue weighted by atomic mass is 16.2. The topological polar surface area (TPSA) is 64.7 Å². The second-order valence-corrected chi connectivity index (χ2v) is 7.44. The minimum absolute atomic E-state index is 0.0654. The van der Waals surface area contributed by atoms with Gasteiger partial charge in [0.1, 0.15) is 0 Å². The van der Waals surface area contributed by atoms with Crippen LogP contribution >= 0.6 is 0 Å². The van der Waals surface area contributed by atoms with Crippen molar-refractivity contribution in [3.63, 3.8) is 0 Å². The van der Waals surface area contributed by atoms with Crippen LogP contribution in [-0.2, 0) is 11.2 Å². The first-order valence-corrected chi connectivity index (χ1v) is 10.6. The van der Waals surface area contributed by atoms with Crippen LogP contribution in [0.3, 0.4) is 0 Å². The lowest BCUT2D eigenvalue weighted by Gasteiger charge is -2.20. The molecule has 0 heterocycles. The molecular formula is C24H34N4O2. The molecule has 30 heavy (non-hydrogen) atoms. The number of carbonyl (C=O) groups excluding carboxylic acids is 2. The largest absolute Gasteiger partial charge is 0.377 e. The number of hydrogen-bond donors (Lipinski definition) is 2. The molecule has 0 aliphatic rings. The Bertz CT molecular complexity index is 817. The fraction of sp³-hybridized carbons (Fsp3) is 0.417. The van der Waals surface area contributed by atoms with Crippen LogP contribution in [0.15, 0.2) is 48.5 Å². The Morgan fingerprint density at radius 1 is 0.967 bits per heavy atom. The zero-order valence-electron chi connectivity index (χ0n) is 18.6. The third-order valence-electron chi connectivity index (χ3n) is 5.10. The van der Waals surface area contributed by atoms with Gasteiger partial charge >= 0.3 is 0 Å². The lowest BCUT2D eigenvalue weighted by Crippen LogP contribution is -2.35. The molecule has 0 fully saturated rings. The van der Waals surface area contributed by atoms with Gasteiger partial charge in [-0.15, -0.1) is 0 Å². The molecule has 0 aromatic heterocycles. The first-order chi connectivity index (χ1) is 14.4. The Labute approximate surface area is 180 Å². The van der Waals surface area contributed by atoms with Crippen molar-refractivity contribution in [3.8, 4) is 0 Å². The second-order valence-electron chi connectivity index (χ2n) is 7.44. The SMILES string of the molecule is CCN(CC)CCNC(=O)c1cc(NC(=O)CCc2ccccc2)ccc1N(C)C. The van der Waals surface area contributed by atoms with Gasteiger partial charge in [-0.25, -0.2) is 0 Å². The summed E-state index contributed by atoms with van der Waals surface area (Å²) in [6.07, 6.45) is 1.08. The molecule has 0 aliphatic carbocycles. The summed E-state index contributed by atoms with van der Waals surface area (Å²) in [5.41, 5.74) is 3.13. The normalized spacial score (nSPS) is 10.7. The number of nitrogens with zero attached hydrogens (tertiary/aromatic N) is 2. The molecular weight excluding hydrogens is 376 g/mol. The molecule has 0 spiro atoms. The van der Waals surface area contributed by atoms with Gasteiger partial charge in [0.05, 0.1) is 5.56 Å². The lowest BCUT2D eigenvalue weighted by molar-refractivity contribution is -0.116. The van der Waals surface area contributed by atoms with Crippen LogP contribution in [0.1, 0.15) is 36.2 Å². The van der Waals surface area contributed by atoms with Gasteiger partial charge in [0.2, 0.25) is 5.91 Å². The van der Waals surface area contributed by atoms with Gasteiger partial charge in [-0.05, 0) is 43.3 Å². The average Bonchev–Trinajstić information content (AvgIpc) is 2.75. The number of amides is 2. The molecule has 2 rings (SSSR count). The standard InChI is InChI=1S/C24H34N4O2/c1-5-28(6-2)17-16-25-24(30)21-18-20(13-14-22(21)27(3)4)26-23(29)15-12-19-10-8-7-9-11-19/h7-11,13-14,18H,5-6,12,15-17H2,1-4H3,(H,25,30)(H,26,29). The van der Waals surface area contributed by atoms with Gasteiger partial charge in [-0.3, -0.25) is 9.59 Å². The molecule has 2 aromatic rings. The Kier molecular flexibility index (Phi) is 9.35. The number of nitrogens with one attached hydrogen (secondary N) is 2. The Balaban J connectivity index is 2.01. The van der Waals surface area contributed by atoms with Crippen LogP contribution in [0, 0.1) is 0 Å². The van der Waals surface area contributed by atoms with E-state index >= 15 is 0 Å². The maximum Gasteiger partial charge on any atom is 0.253 e. The second kappa shape index (κ2) is 12.0. The van der Waals surface area contributed by atoms with Gasteiger partial charge < -0.3 is 20.4 Å². The van der Waals surface area contributed by atoms with Crippen molar-refractivity contribution in [2.75, 3.05) is 50.5 Å². The van der Waals surface area contributed by atoms with Gasteiger partial charge in [-0.1, -0.05) is 44.2 Å². The first-order valence-electron chi connectivity index (χ1n) is 10.6. The molecule has 0 saturated carbocycles. The zero-order chi connectivity index (χ0) is 21.9. The Morgan fingerprint density at radius 3 is 2.30 bits per heavy atom. The van der Waals surface area contributed by atoms with Crippen LogP contribution in [0.5, 0.6) is 0 Å². The molecule has 2 aromatic carbocycles. The van der Waals surface area contributed by atoms with E-state index in [4.69, 9.17) is 0 Å². The zero-order valence-corrected chi connectivity index (χ0v) is 18.6. The number of anilines is 2. The van der Waals surface area contributed by atoms with Crippen molar-refractivity contribution in [1.82, 2.24) is 10.2 Å². The molecule has 2 N–H and O–H groups in total. The van der Waals surface area contributed by atoms with E-state index in [1.165, 1.54) is 0 Å². The monoisotopic (exact) mass is 410 g/mol. The molecule has 6 heteroatoms. The summed E-state index contributed by atoms with van der Waals surface area (Å²) in [6, 6.07) is 15.4. The summed E-state index contributed by atoms with van der Waals surface area (Å²) in [5, 5.41) is 5.92. The minimum Gasteiger partial charge on any atom is -0.377 e. The van der Waals surface area contributed by atoms with Gasteiger partial charge in [0.25, 0.3) is 5.91 Å². The molecule has 162 valence electrons. The summed E-state index contributed by atoms with van der Waals surface area (Å²) >= 11 is 0. The Morgan fingerprint density at radius 2 is 1.67 bits per heavy atom. The lowest BCUT2D eigenvalue weighted by atomic mass is 10.1. The van der Waals surface area contributed by atoms with Crippen molar-refractivity contribution in [2.45, 2.75) is 26.7 Å². The van der Waals surface area contributed by atoms with Crippen LogP contribution in [0.2, 0.25) is 0 Å². The number of benzene rings is 2. The number of aryl methyl sites for hydroxylation is 1. The molecule has 6 nitrogen and oxygen atoms in total. The van der Waals surface area contributed by atoms with Crippen LogP contribution in [0.25, 0.3) is 0 Å². The van der Waals surface area contributed by atoms with E-state index in [2.05, 4.69) is 29.4 Å². The summed E-state index contributed by atoms with van der Waals surface area (Å²) in [6.45, 7) is 7.53. The maximum absolute atomic E-state index is 12.8. The van der Waals surface area contributed by atoms with E-state index < -0.39 is 0 Å². The van der Waals surface area contributed by atoms with Crippen molar-refractivity contribution >= 4 is 23.2 Å². The van der Waals surface area contributed by atoms with Crippen LogP contribution in [0.4, 0.5) is 11.4 Å². The predicted molar refractivity (Wildman–Crippen MR) is 124 cm³/mol. The number of hydrogen-bond acceptors (Lipinski definition) is 4. The molecule has 0 radical (unpaired) electrons. The average molecular weight is 411 g/mol. The van der Waals surface area contributed by atoms with E-state index in [0.717, 1.165) is 30.9 Å². The highest BCUT2D eigenvalue weighted by Gasteiger charge is 2.15. The number of carbonyl (C=O) groups is 2. The summed E-state index contributed by atoms with van der Waals surface area (Å²) in [7, 11) is 3.81. The van der Waals surface area contributed by atoms with Gasteiger partial charge in [-0.2, -0.15) is 0 Å². The van der Waals surface area contributed by atoms with Crippen molar-refractivity contribution in [3.05, 3.63) is 59.7 Å². The molecule has 0 bridgehead atoms. The van der Waals surface area contributed by atoms with Crippen molar-refractivity contribution < 1.29 is 9.59 Å². The van der Waals surface area contributed by atoms with Crippen molar-refractivity contribution in [1.29, 1.82) is 0 Å². The highest BCUT2D eigenvalue weighted by Crippen LogP contribution is 2.23. The van der Waals surface area contributed by atoms with E-state index in [1.807, 2.05) is 61.5 Å². The molecule has 0 saturated heterocycles. The summed E-state index contributed by atoms with van der Waals surface area (Å²) < 4.78 is 0. The smallest absolute Gasteiger partial charge is 0.253 e. The number of likely N-dealkylation sites (N-methyl/N-ethyl adjacent to an activating group) is 1. The van der Waals surface area contributed by atoms with E-state index in [-0.39, 0.29) is 11.8 Å². The maximum atomic E-state index is 12.8. The fourth-order valence-electron chi connectivity index (χ4n) is 3.27. The Hall–Kier alpha value is -2.86. The van der Waals surface area contributed by atoms with E-state index in [1.54, 1.807) is 6.07 Å². The van der Waals surface area contributed by atoms with Crippen LogP contribution in [-0.4, -0.2) is 57.0 Å².